The number of fused-ring (bicyclic) bond motifs is 2. The van der Waals surface area contributed by atoms with Gasteiger partial charge in [0, 0.05) is 29.8 Å². The van der Waals surface area contributed by atoms with Gasteiger partial charge in [-0.15, -0.1) is 0 Å². The molecule has 2 N–H and O–H groups in total. The van der Waals surface area contributed by atoms with Crippen LogP contribution >= 0.6 is 0 Å². The monoisotopic (exact) mass is 278 g/mol. The van der Waals surface area contributed by atoms with Crippen molar-refractivity contribution < 1.29 is 14.2 Å². The molecule has 0 radical (unpaired) electrons. The molecular weight excluding hydrogens is 256 g/mol. The van der Waals surface area contributed by atoms with Crippen LogP contribution in [0.3, 0.4) is 0 Å². The molecule has 1 aromatic carbocycles. The number of benzene rings is 1. The van der Waals surface area contributed by atoms with Gasteiger partial charge in [-0.2, -0.15) is 0 Å². The van der Waals surface area contributed by atoms with Gasteiger partial charge >= 0.3 is 0 Å². The lowest BCUT2D eigenvalue weighted by Gasteiger charge is -2.33. The second-order valence-corrected chi connectivity index (χ2v) is 6.14. The van der Waals surface area contributed by atoms with Gasteiger partial charge in [0.2, 0.25) is 12.5 Å². The van der Waals surface area contributed by atoms with E-state index < -0.39 is 5.54 Å². The highest BCUT2D eigenvalue weighted by molar-refractivity contribution is 5.66. The zero-order chi connectivity index (χ0) is 14.5. The quantitative estimate of drug-likeness (QED) is 0.890. The second kappa shape index (κ2) is 4.53. The fourth-order valence-electron chi connectivity index (χ4n) is 3.19. The fourth-order valence-corrected chi connectivity index (χ4v) is 3.19. The van der Waals surface area contributed by atoms with Gasteiger partial charge in [0.05, 0.1) is 7.11 Å². The van der Waals surface area contributed by atoms with Crippen LogP contribution < -0.4 is 19.9 Å². The van der Waals surface area contributed by atoms with Crippen molar-refractivity contribution in [2.45, 2.75) is 32.4 Å². The largest absolute Gasteiger partial charge is 0.492 e. The summed E-state index contributed by atoms with van der Waals surface area (Å²) in [4.78, 5) is 2.28. The van der Waals surface area contributed by atoms with Crippen LogP contribution in [0.25, 0.3) is 0 Å². The molecular formula is C15H22N2O3. The highest BCUT2D eigenvalue weighted by Gasteiger charge is 2.36. The first-order valence-corrected chi connectivity index (χ1v) is 6.92. The molecule has 0 fully saturated rings. The molecule has 2 heterocycles. The molecule has 20 heavy (non-hydrogen) atoms. The molecule has 2 aliphatic heterocycles. The van der Waals surface area contributed by atoms with Gasteiger partial charge in [0.1, 0.15) is 0 Å². The second-order valence-electron chi connectivity index (χ2n) is 6.14. The van der Waals surface area contributed by atoms with E-state index in [1.807, 2.05) is 13.8 Å². The van der Waals surface area contributed by atoms with Gasteiger partial charge in [-0.3, -0.25) is 0 Å². The summed E-state index contributed by atoms with van der Waals surface area (Å²) in [7, 11) is 3.79. The first kappa shape index (κ1) is 13.5. The molecule has 0 aliphatic carbocycles. The summed E-state index contributed by atoms with van der Waals surface area (Å²) in [5.74, 6) is 2.26. The van der Waals surface area contributed by atoms with E-state index in [2.05, 4.69) is 11.9 Å². The molecule has 0 bridgehead atoms. The van der Waals surface area contributed by atoms with Crippen molar-refractivity contribution in [1.29, 1.82) is 0 Å². The van der Waals surface area contributed by atoms with Crippen molar-refractivity contribution in [2.75, 3.05) is 27.5 Å². The van der Waals surface area contributed by atoms with E-state index in [9.17, 15) is 0 Å². The molecule has 0 spiro atoms. The third kappa shape index (κ3) is 1.93. The molecule has 110 valence electrons. The molecule has 3 rings (SSSR count). The molecule has 0 atom stereocenters. The summed E-state index contributed by atoms with van der Waals surface area (Å²) in [6, 6.07) is 0. The van der Waals surface area contributed by atoms with Gasteiger partial charge in [0.25, 0.3) is 0 Å². The van der Waals surface area contributed by atoms with Crippen LogP contribution in [0.5, 0.6) is 17.2 Å². The molecule has 0 amide bonds. The summed E-state index contributed by atoms with van der Waals surface area (Å²) < 4.78 is 16.9. The summed E-state index contributed by atoms with van der Waals surface area (Å²) in [6.07, 6.45) is 0.953. The topological polar surface area (TPSA) is 57.0 Å². The Hall–Kier alpha value is -1.46. The Morgan fingerprint density at radius 3 is 2.55 bits per heavy atom. The van der Waals surface area contributed by atoms with Crippen molar-refractivity contribution >= 4 is 0 Å². The number of hydrogen-bond acceptors (Lipinski definition) is 5. The summed E-state index contributed by atoms with van der Waals surface area (Å²) in [5, 5.41) is 0. The van der Waals surface area contributed by atoms with Gasteiger partial charge in [-0.05, 0) is 32.9 Å². The van der Waals surface area contributed by atoms with Crippen molar-refractivity contribution in [3.05, 3.63) is 16.7 Å². The van der Waals surface area contributed by atoms with E-state index in [0.29, 0.717) is 5.75 Å². The van der Waals surface area contributed by atoms with Gasteiger partial charge in [-0.25, -0.2) is 0 Å². The van der Waals surface area contributed by atoms with E-state index in [1.165, 1.54) is 11.1 Å². The standard InChI is InChI=1S/C15H22N2O3/c1-15(2,16)11-9-5-6-17(3)7-10(9)12(18-4)14-13(11)19-8-20-14/h5-8,16H2,1-4H3. The minimum Gasteiger partial charge on any atom is -0.492 e. The van der Waals surface area contributed by atoms with Crippen LogP contribution in [-0.4, -0.2) is 32.4 Å². The van der Waals surface area contributed by atoms with Crippen molar-refractivity contribution in [2.24, 2.45) is 5.73 Å². The molecule has 0 aromatic heterocycles. The van der Waals surface area contributed by atoms with Gasteiger partial charge < -0.3 is 24.8 Å². The van der Waals surface area contributed by atoms with E-state index in [4.69, 9.17) is 19.9 Å². The molecule has 2 aliphatic rings. The van der Waals surface area contributed by atoms with E-state index >= 15 is 0 Å². The SMILES string of the molecule is COc1c2c(c(C(C)(C)N)c3c1OCO3)CCN(C)C2. The number of ether oxygens (including phenoxy) is 3. The number of nitrogens with two attached hydrogens (primary N) is 1. The maximum Gasteiger partial charge on any atom is 0.231 e. The molecule has 0 unspecified atom stereocenters. The minimum atomic E-state index is -0.468. The van der Waals surface area contributed by atoms with Gasteiger partial charge in [0.15, 0.2) is 11.5 Å². The summed E-state index contributed by atoms with van der Waals surface area (Å²) in [5.41, 5.74) is 9.43. The zero-order valence-electron chi connectivity index (χ0n) is 12.6. The average molecular weight is 278 g/mol. The van der Waals surface area contributed by atoms with Gasteiger partial charge in [-0.1, -0.05) is 0 Å². The molecule has 5 heteroatoms. The van der Waals surface area contributed by atoms with Crippen LogP contribution in [-0.2, 0) is 18.5 Å². The zero-order valence-corrected chi connectivity index (χ0v) is 12.6. The fraction of sp³-hybridized carbons (Fsp3) is 0.600. The third-order valence-corrected chi connectivity index (χ3v) is 4.01. The van der Waals surface area contributed by atoms with E-state index in [-0.39, 0.29) is 6.79 Å². The third-order valence-electron chi connectivity index (χ3n) is 4.01. The molecule has 0 saturated heterocycles. The predicted octanol–water partition coefficient (Wildman–Crippen LogP) is 1.61. The Kier molecular flexibility index (Phi) is 3.06. The Morgan fingerprint density at radius 1 is 1.20 bits per heavy atom. The Bertz CT molecular complexity index is 549. The predicted molar refractivity (Wildman–Crippen MR) is 76.4 cm³/mol. The minimum absolute atomic E-state index is 0.230. The Labute approximate surface area is 119 Å². The lowest BCUT2D eigenvalue weighted by Crippen LogP contribution is -2.34. The molecule has 5 nitrogen and oxygen atoms in total. The maximum absolute atomic E-state index is 6.39. The van der Waals surface area contributed by atoms with E-state index in [1.54, 1.807) is 7.11 Å². The van der Waals surface area contributed by atoms with E-state index in [0.717, 1.165) is 36.6 Å². The van der Waals surface area contributed by atoms with Crippen molar-refractivity contribution in [3.8, 4) is 17.2 Å². The number of rotatable bonds is 2. The summed E-state index contributed by atoms with van der Waals surface area (Å²) >= 11 is 0. The lowest BCUT2D eigenvalue weighted by molar-refractivity contribution is 0.169. The highest BCUT2D eigenvalue weighted by atomic mass is 16.7. The number of nitrogens with zero attached hydrogens (tertiary/aromatic N) is 1. The first-order valence-electron chi connectivity index (χ1n) is 6.92. The lowest BCUT2D eigenvalue weighted by atomic mass is 9.83. The van der Waals surface area contributed by atoms with Crippen LogP contribution in [0, 0.1) is 0 Å². The molecule has 1 aromatic rings. The van der Waals surface area contributed by atoms with Crippen LogP contribution in [0.15, 0.2) is 0 Å². The van der Waals surface area contributed by atoms with Crippen LogP contribution in [0.2, 0.25) is 0 Å². The van der Waals surface area contributed by atoms with Crippen molar-refractivity contribution in [3.63, 3.8) is 0 Å². The smallest absolute Gasteiger partial charge is 0.231 e. The molecule has 0 saturated carbocycles. The van der Waals surface area contributed by atoms with Crippen LogP contribution in [0.4, 0.5) is 0 Å². The summed E-state index contributed by atoms with van der Waals surface area (Å²) in [6.45, 7) is 6.11. The normalized spacial score (nSPS) is 18.1. The number of hydrogen-bond donors (Lipinski definition) is 1. The van der Waals surface area contributed by atoms with Crippen LogP contribution in [0.1, 0.15) is 30.5 Å². The Balaban J connectivity index is 2.31. The van der Waals surface area contributed by atoms with Crippen molar-refractivity contribution in [1.82, 2.24) is 4.90 Å². The first-order chi connectivity index (χ1) is 9.43. The Morgan fingerprint density at radius 2 is 1.90 bits per heavy atom. The number of methoxy groups -OCH3 is 1. The number of likely N-dealkylation sites (N-methyl/N-ethyl adjacent to an activating group) is 1. The maximum atomic E-state index is 6.39. The highest BCUT2D eigenvalue weighted by Crippen LogP contribution is 2.51. The average Bonchev–Trinajstić information content (AvgIpc) is 2.82.